The lowest BCUT2D eigenvalue weighted by Gasteiger charge is -2.12. The molecule has 26 heavy (non-hydrogen) atoms. The number of carbonyl (C=O) groups is 1. The van der Waals surface area contributed by atoms with Crippen LogP contribution in [0.2, 0.25) is 0 Å². The summed E-state index contributed by atoms with van der Waals surface area (Å²) in [5, 5.41) is 7.82. The van der Waals surface area contributed by atoms with Gasteiger partial charge in [-0.2, -0.15) is 0 Å². The van der Waals surface area contributed by atoms with Crippen molar-refractivity contribution < 1.29 is 18.4 Å². The number of esters is 1. The molecule has 8 nitrogen and oxygen atoms in total. The molecule has 0 atom stereocenters. The van der Waals surface area contributed by atoms with Gasteiger partial charge in [-0.25, -0.2) is 9.78 Å². The first kappa shape index (κ1) is 17.8. The van der Waals surface area contributed by atoms with Gasteiger partial charge in [-0.1, -0.05) is 0 Å². The molecule has 3 rings (SSSR count). The standard InChI is InChI=1S/C18H20N4O4/c1-11-15(9-22(3)10-16-21-20-12(2)26-16)19-17(25-11)13-5-7-14(8-6-13)18(23)24-4/h5-8H,9-10H2,1-4H3. The highest BCUT2D eigenvalue weighted by Gasteiger charge is 2.15. The van der Waals surface area contributed by atoms with Gasteiger partial charge < -0.3 is 13.6 Å². The molecule has 0 aliphatic carbocycles. The molecule has 0 radical (unpaired) electrons. The van der Waals surface area contributed by atoms with E-state index in [1.54, 1.807) is 31.2 Å². The molecule has 0 saturated carbocycles. The van der Waals surface area contributed by atoms with Crippen LogP contribution in [0, 0.1) is 13.8 Å². The van der Waals surface area contributed by atoms with E-state index in [4.69, 9.17) is 13.6 Å². The van der Waals surface area contributed by atoms with Crippen molar-refractivity contribution in [1.29, 1.82) is 0 Å². The summed E-state index contributed by atoms with van der Waals surface area (Å²) in [5.41, 5.74) is 2.10. The molecule has 0 spiro atoms. The molecule has 0 aliphatic heterocycles. The molecule has 0 aliphatic rings. The summed E-state index contributed by atoms with van der Waals surface area (Å²) in [7, 11) is 3.30. The Labute approximate surface area is 150 Å². The number of hydrogen-bond donors (Lipinski definition) is 0. The predicted molar refractivity (Wildman–Crippen MR) is 92.2 cm³/mol. The molecule has 2 aromatic heterocycles. The lowest BCUT2D eigenvalue weighted by Crippen LogP contribution is -2.18. The number of carbonyl (C=O) groups excluding carboxylic acids is 1. The van der Waals surface area contributed by atoms with Gasteiger partial charge in [-0.3, -0.25) is 4.90 Å². The zero-order valence-electron chi connectivity index (χ0n) is 15.1. The molecule has 8 heteroatoms. The van der Waals surface area contributed by atoms with Gasteiger partial charge in [0.25, 0.3) is 0 Å². The number of benzene rings is 1. The van der Waals surface area contributed by atoms with Crippen molar-refractivity contribution in [3.05, 3.63) is 53.1 Å². The molecule has 0 amide bonds. The summed E-state index contributed by atoms with van der Waals surface area (Å²) in [6.07, 6.45) is 0. The summed E-state index contributed by atoms with van der Waals surface area (Å²) in [6.45, 7) is 4.74. The molecule has 0 saturated heterocycles. The number of aromatic nitrogens is 3. The number of methoxy groups -OCH3 is 1. The van der Waals surface area contributed by atoms with Gasteiger partial charge in [0.15, 0.2) is 0 Å². The minimum atomic E-state index is -0.376. The molecule has 1 aromatic carbocycles. The maximum Gasteiger partial charge on any atom is 0.337 e. The van der Waals surface area contributed by atoms with Crippen molar-refractivity contribution in [2.45, 2.75) is 26.9 Å². The molecule has 136 valence electrons. The summed E-state index contributed by atoms with van der Waals surface area (Å²) >= 11 is 0. The van der Waals surface area contributed by atoms with Gasteiger partial charge >= 0.3 is 5.97 Å². The first-order valence-electron chi connectivity index (χ1n) is 8.09. The highest BCUT2D eigenvalue weighted by Crippen LogP contribution is 2.23. The van der Waals surface area contributed by atoms with Crippen LogP contribution >= 0.6 is 0 Å². The quantitative estimate of drug-likeness (QED) is 0.622. The fourth-order valence-electron chi connectivity index (χ4n) is 2.51. The van der Waals surface area contributed by atoms with Gasteiger partial charge in [-0.15, -0.1) is 10.2 Å². The summed E-state index contributed by atoms with van der Waals surface area (Å²) in [5.74, 6) is 1.98. The molecule has 3 aromatic rings. The summed E-state index contributed by atoms with van der Waals surface area (Å²) in [6, 6.07) is 6.94. The molecule has 0 unspecified atom stereocenters. The number of nitrogens with zero attached hydrogens (tertiary/aromatic N) is 4. The van der Waals surface area contributed by atoms with Crippen molar-refractivity contribution in [3.63, 3.8) is 0 Å². The lowest BCUT2D eigenvalue weighted by atomic mass is 10.1. The fourth-order valence-corrected chi connectivity index (χ4v) is 2.51. The average Bonchev–Trinajstić information content (AvgIpc) is 3.20. The van der Waals surface area contributed by atoms with Crippen LogP contribution in [0.4, 0.5) is 0 Å². The largest absolute Gasteiger partial charge is 0.465 e. The van der Waals surface area contributed by atoms with E-state index in [-0.39, 0.29) is 5.97 Å². The normalized spacial score (nSPS) is 11.1. The van der Waals surface area contributed by atoms with E-state index in [0.29, 0.717) is 36.3 Å². The smallest absolute Gasteiger partial charge is 0.337 e. The van der Waals surface area contributed by atoms with Crippen LogP contribution in [0.15, 0.2) is 33.1 Å². The van der Waals surface area contributed by atoms with Crippen molar-refractivity contribution in [2.75, 3.05) is 14.2 Å². The van der Waals surface area contributed by atoms with Crippen LogP contribution in [-0.2, 0) is 17.8 Å². The van der Waals surface area contributed by atoms with Crippen LogP contribution in [0.25, 0.3) is 11.5 Å². The number of rotatable bonds is 6. The average molecular weight is 356 g/mol. The third-order valence-corrected chi connectivity index (χ3v) is 3.84. The molecule has 0 N–H and O–H groups in total. The fraction of sp³-hybridized carbons (Fsp3) is 0.333. The predicted octanol–water partition coefficient (Wildman–Crippen LogP) is 2.76. The van der Waals surface area contributed by atoms with Crippen molar-refractivity contribution in [1.82, 2.24) is 20.1 Å². The van der Waals surface area contributed by atoms with Gasteiger partial charge in [-0.05, 0) is 38.2 Å². The first-order valence-corrected chi connectivity index (χ1v) is 8.09. The van der Waals surface area contributed by atoms with Crippen LogP contribution in [-0.4, -0.2) is 40.2 Å². The monoisotopic (exact) mass is 356 g/mol. The molecule has 2 heterocycles. The van der Waals surface area contributed by atoms with Crippen LogP contribution in [0.5, 0.6) is 0 Å². The number of aryl methyl sites for hydroxylation is 2. The number of hydrogen-bond acceptors (Lipinski definition) is 8. The van der Waals surface area contributed by atoms with Gasteiger partial charge in [0.2, 0.25) is 17.7 Å². The number of ether oxygens (including phenoxy) is 1. The Kier molecular flexibility index (Phi) is 5.13. The Morgan fingerprint density at radius 3 is 2.46 bits per heavy atom. The Morgan fingerprint density at radius 1 is 1.12 bits per heavy atom. The van der Waals surface area contributed by atoms with Crippen LogP contribution < -0.4 is 0 Å². The van der Waals surface area contributed by atoms with E-state index >= 15 is 0 Å². The Hall–Kier alpha value is -3.00. The van der Waals surface area contributed by atoms with Crippen molar-refractivity contribution in [3.8, 4) is 11.5 Å². The van der Waals surface area contributed by atoms with E-state index in [2.05, 4.69) is 15.2 Å². The zero-order chi connectivity index (χ0) is 18.7. The van der Waals surface area contributed by atoms with Crippen LogP contribution in [0.1, 0.15) is 33.6 Å². The lowest BCUT2D eigenvalue weighted by molar-refractivity contribution is 0.0600. The minimum absolute atomic E-state index is 0.376. The SMILES string of the molecule is COC(=O)c1ccc(-c2nc(CN(C)Cc3nnc(C)o3)c(C)o2)cc1. The topological polar surface area (TPSA) is 94.5 Å². The molecular weight excluding hydrogens is 336 g/mol. The van der Waals surface area contributed by atoms with E-state index in [1.165, 1.54) is 7.11 Å². The summed E-state index contributed by atoms with van der Waals surface area (Å²) < 4.78 is 15.9. The second kappa shape index (κ2) is 7.49. The maximum atomic E-state index is 11.5. The number of oxazole rings is 1. The minimum Gasteiger partial charge on any atom is -0.465 e. The van der Waals surface area contributed by atoms with Gasteiger partial charge in [0.1, 0.15) is 5.76 Å². The van der Waals surface area contributed by atoms with Crippen molar-refractivity contribution >= 4 is 5.97 Å². The Morgan fingerprint density at radius 2 is 1.85 bits per heavy atom. The van der Waals surface area contributed by atoms with Gasteiger partial charge in [0.05, 0.1) is 24.9 Å². The van der Waals surface area contributed by atoms with Crippen molar-refractivity contribution in [2.24, 2.45) is 0 Å². The first-order chi connectivity index (χ1) is 12.5. The Balaban J connectivity index is 1.71. The third kappa shape index (κ3) is 3.97. The summed E-state index contributed by atoms with van der Waals surface area (Å²) in [4.78, 5) is 18.1. The maximum absolute atomic E-state index is 11.5. The third-order valence-electron chi connectivity index (χ3n) is 3.84. The second-order valence-electron chi connectivity index (χ2n) is 5.98. The highest BCUT2D eigenvalue weighted by atomic mass is 16.5. The van der Waals surface area contributed by atoms with Gasteiger partial charge in [0, 0.05) is 19.0 Å². The Bertz CT molecular complexity index is 898. The van der Waals surface area contributed by atoms with E-state index in [9.17, 15) is 4.79 Å². The second-order valence-corrected chi connectivity index (χ2v) is 5.98. The van der Waals surface area contributed by atoms with E-state index < -0.39 is 0 Å². The van der Waals surface area contributed by atoms with E-state index in [1.807, 2.05) is 18.9 Å². The zero-order valence-corrected chi connectivity index (χ0v) is 15.1. The van der Waals surface area contributed by atoms with E-state index in [0.717, 1.165) is 17.0 Å². The highest BCUT2D eigenvalue weighted by molar-refractivity contribution is 5.89. The van der Waals surface area contributed by atoms with Crippen LogP contribution in [0.3, 0.4) is 0 Å². The molecule has 0 fully saturated rings. The molecule has 0 bridgehead atoms. The molecular formula is C18H20N4O4.